The number of hydrogen-bond donors (Lipinski definition) is 0. The lowest BCUT2D eigenvalue weighted by molar-refractivity contribution is 0.0830. The van der Waals surface area contributed by atoms with Crippen molar-refractivity contribution in [1.29, 1.82) is 0 Å². The molecule has 3 heterocycles. The van der Waals surface area contributed by atoms with Gasteiger partial charge in [-0.1, -0.05) is 49.6 Å². The normalized spacial score (nSPS) is 40.7. The molecule has 4 bridgehead atoms. The Kier molecular flexibility index (Phi) is 3.57. The summed E-state index contributed by atoms with van der Waals surface area (Å²) < 4.78 is 0. The Morgan fingerprint density at radius 3 is 2.67 bits per heavy atom. The molecule has 1 heteroatoms. The van der Waals surface area contributed by atoms with Crippen LogP contribution in [0.2, 0.25) is 0 Å². The summed E-state index contributed by atoms with van der Waals surface area (Å²) in [5, 5.41) is 0. The molecule has 0 aromatic heterocycles. The molecule has 3 saturated heterocycles. The van der Waals surface area contributed by atoms with Gasteiger partial charge in [-0.25, -0.2) is 0 Å². The molecule has 0 amide bonds. The van der Waals surface area contributed by atoms with Crippen molar-refractivity contribution in [3.05, 3.63) is 35.4 Å². The van der Waals surface area contributed by atoms with E-state index in [1.165, 1.54) is 50.6 Å². The van der Waals surface area contributed by atoms with Gasteiger partial charge in [0.2, 0.25) is 0 Å². The maximum atomic E-state index is 2.90. The number of piperidine rings is 2. The highest BCUT2D eigenvalue weighted by Gasteiger charge is 2.54. The summed E-state index contributed by atoms with van der Waals surface area (Å²) in [4.78, 5) is 2.90. The molecular weight excluding hydrogens is 254 g/mol. The summed E-state index contributed by atoms with van der Waals surface area (Å²) in [6, 6.07) is 11.3. The maximum Gasteiger partial charge on any atom is 0.0136 e. The molecule has 6 atom stereocenters. The summed E-state index contributed by atoms with van der Waals surface area (Å²) >= 11 is 0. The first-order chi connectivity index (χ1) is 10.3. The first-order valence-corrected chi connectivity index (χ1v) is 9.10. The van der Waals surface area contributed by atoms with Gasteiger partial charge in [-0.05, 0) is 62.5 Å². The average molecular weight is 283 g/mol. The second-order valence-electron chi connectivity index (χ2n) is 7.72. The molecule has 1 nitrogen and oxygen atoms in total. The van der Waals surface area contributed by atoms with E-state index in [1.54, 1.807) is 5.56 Å². The summed E-state index contributed by atoms with van der Waals surface area (Å²) in [6.07, 6.45) is 8.60. The molecule has 4 rings (SSSR count). The van der Waals surface area contributed by atoms with Crippen LogP contribution in [-0.2, 0) is 0 Å². The number of unbranched alkanes of at least 4 members (excludes halogenated alkanes) is 1. The Morgan fingerprint density at radius 2 is 1.90 bits per heavy atom. The predicted octanol–water partition coefficient (Wildman–Crippen LogP) is 4.75. The largest absolute Gasteiger partial charge is 0.297 e. The fourth-order valence-corrected chi connectivity index (χ4v) is 5.56. The van der Waals surface area contributed by atoms with Crippen molar-refractivity contribution < 1.29 is 0 Å². The van der Waals surface area contributed by atoms with Gasteiger partial charge in [0.05, 0.1) is 0 Å². The quantitative estimate of drug-likeness (QED) is 0.770. The van der Waals surface area contributed by atoms with Crippen LogP contribution in [-0.4, -0.2) is 23.5 Å². The van der Waals surface area contributed by atoms with Crippen LogP contribution in [0.5, 0.6) is 0 Å². The van der Waals surface area contributed by atoms with Gasteiger partial charge in [-0.2, -0.15) is 0 Å². The van der Waals surface area contributed by atoms with E-state index < -0.39 is 0 Å². The minimum atomic E-state index is 0.825. The first-order valence-electron chi connectivity index (χ1n) is 9.10. The summed E-state index contributed by atoms with van der Waals surface area (Å²) in [5.41, 5.74) is 3.02. The Bertz CT molecular complexity index is 491. The standard InChI is InChI=1S/C20H29N/c1-3-4-5-17-18(15-8-6-14(2)7-9-15)13-19-16-10-11-21(19)20(17)12-16/h6-9,16-20H,3-5,10-13H2,1-2H3/t16-,17-,18+,19?,20+/m0/s1. The van der Waals surface area contributed by atoms with Crippen molar-refractivity contribution >= 4 is 0 Å². The molecule has 0 spiro atoms. The van der Waals surface area contributed by atoms with Gasteiger partial charge in [0.15, 0.2) is 0 Å². The average Bonchev–Trinajstić information content (AvgIpc) is 3.01. The third-order valence-corrected chi connectivity index (χ3v) is 6.60. The van der Waals surface area contributed by atoms with Crippen LogP contribution in [0.25, 0.3) is 0 Å². The van der Waals surface area contributed by atoms with E-state index >= 15 is 0 Å². The van der Waals surface area contributed by atoms with Crippen molar-refractivity contribution in [1.82, 2.24) is 4.90 Å². The number of hydrogen-bond acceptors (Lipinski definition) is 1. The Morgan fingerprint density at radius 1 is 1.10 bits per heavy atom. The van der Waals surface area contributed by atoms with Crippen LogP contribution >= 0.6 is 0 Å². The van der Waals surface area contributed by atoms with Gasteiger partial charge in [-0.3, -0.25) is 4.90 Å². The van der Waals surface area contributed by atoms with E-state index in [9.17, 15) is 0 Å². The molecule has 0 N–H and O–H groups in total. The lowest BCUT2D eigenvalue weighted by atomic mass is 9.74. The smallest absolute Gasteiger partial charge is 0.0136 e. The van der Waals surface area contributed by atoms with E-state index in [-0.39, 0.29) is 0 Å². The summed E-state index contributed by atoms with van der Waals surface area (Å²) in [5.74, 6) is 2.76. The maximum absolute atomic E-state index is 2.90. The molecular formula is C20H29N. The van der Waals surface area contributed by atoms with Crippen LogP contribution < -0.4 is 0 Å². The minimum Gasteiger partial charge on any atom is -0.297 e. The van der Waals surface area contributed by atoms with Crippen LogP contribution in [0.1, 0.15) is 62.5 Å². The Labute approximate surface area is 129 Å². The number of rotatable bonds is 4. The van der Waals surface area contributed by atoms with Crippen molar-refractivity contribution in [2.45, 2.75) is 70.4 Å². The Hall–Kier alpha value is -0.820. The first kappa shape index (κ1) is 13.8. The lowest BCUT2D eigenvalue weighted by Crippen LogP contribution is -2.46. The number of nitrogens with zero attached hydrogens (tertiary/aromatic N) is 1. The van der Waals surface area contributed by atoms with Crippen molar-refractivity contribution in [3.8, 4) is 0 Å². The van der Waals surface area contributed by atoms with E-state index in [1.807, 2.05) is 0 Å². The van der Waals surface area contributed by atoms with Gasteiger partial charge in [0.1, 0.15) is 0 Å². The molecule has 0 saturated carbocycles. The molecule has 1 aromatic rings. The minimum absolute atomic E-state index is 0.825. The molecule has 1 aromatic carbocycles. The molecule has 3 aliphatic heterocycles. The van der Waals surface area contributed by atoms with Gasteiger partial charge in [0.25, 0.3) is 0 Å². The van der Waals surface area contributed by atoms with Crippen LogP contribution in [0, 0.1) is 18.8 Å². The Balaban J connectivity index is 1.63. The van der Waals surface area contributed by atoms with Gasteiger partial charge in [-0.15, -0.1) is 0 Å². The SMILES string of the molecule is CCCC[C@H]1[C@@H](c2ccc(C)cc2)CC2[C@H]3CCN2[C@@H]1C3. The fraction of sp³-hybridized carbons (Fsp3) is 0.700. The summed E-state index contributed by atoms with van der Waals surface area (Å²) in [7, 11) is 0. The second kappa shape index (κ2) is 5.43. The zero-order chi connectivity index (χ0) is 14.4. The zero-order valence-corrected chi connectivity index (χ0v) is 13.6. The van der Waals surface area contributed by atoms with Crippen LogP contribution in [0.3, 0.4) is 0 Å². The number of benzene rings is 1. The van der Waals surface area contributed by atoms with E-state index in [2.05, 4.69) is 43.0 Å². The lowest BCUT2D eigenvalue weighted by Gasteiger charge is -2.44. The van der Waals surface area contributed by atoms with Crippen molar-refractivity contribution in [2.75, 3.05) is 6.54 Å². The predicted molar refractivity (Wildman–Crippen MR) is 88.6 cm³/mol. The fourth-order valence-electron chi connectivity index (χ4n) is 5.56. The zero-order valence-electron chi connectivity index (χ0n) is 13.6. The van der Waals surface area contributed by atoms with Crippen LogP contribution in [0.4, 0.5) is 0 Å². The van der Waals surface area contributed by atoms with E-state index in [0.29, 0.717) is 0 Å². The monoisotopic (exact) mass is 283 g/mol. The second-order valence-corrected chi connectivity index (χ2v) is 7.72. The van der Waals surface area contributed by atoms with Gasteiger partial charge < -0.3 is 0 Å². The van der Waals surface area contributed by atoms with Gasteiger partial charge >= 0.3 is 0 Å². The van der Waals surface area contributed by atoms with Crippen LogP contribution in [0.15, 0.2) is 24.3 Å². The van der Waals surface area contributed by atoms with E-state index in [4.69, 9.17) is 0 Å². The number of aryl methyl sites for hydroxylation is 1. The topological polar surface area (TPSA) is 3.24 Å². The van der Waals surface area contributed by atoms with Crippen molar-refractivity contribution in [3.63, 3.8) is 0 Å². The van der Waals surface area contributed by atoms with Crippen molar-refractivity contribution in [2.24, 2.45) is 11.8 Å². The highest BCUT2D eigenvalue weighted by Crippen LogP contribution is 2.54. The molecule has 3 aliphatic rings. The molecule has 0 aliphatic carbocycles. The van der Waals surface area contributed by atoms with E-state index in [0.717, 1.165) is 29.8 Å². The highest BCUT2D eigenvalue weighted by molar-refractivity contribution is 5.28. The highest BCUT2D eigenvalue weighted by atomic mass is 15.3. The molecule has 3 fully saturated rings. The molecule has 114 valence electrons. The van der Waals surface area contributed by atoms with Gasteiger partial charge in [0, 0.05) is 12.1 Å². The summed E-state index contributed by atoms with van der Waals surface area (Å²) in [6.45, 7) is 5.94. The third-order valence-electron chi connectivity index (χ3n) is 6.60. The molecule has 21 heavy (non-hydrogen) atoms. The molecule has 2 unspecified atom stereocenters. The third kappa shape index (κ3) is 2.25. The molecule has 0 radical (unpaired) electrons.